The van der Waals surface area contributed by atoms with Crippen LogP contribution in [0.15, 0.2) is 59.4 Å². The van der Waals surface area contributed by atoms with Gasteiger partial charge in [0.05, 0.1) is 12.8 Å². The number of carbonyl (C=O) groups excluding carboxylic acids is 1. The summed E-state index contributed by atoms with van der Waals surface area (Å²) in [5.74, 6) is 0.859. The van der Waals surface area contributed by atoms with Gasteiger partial charge < -0.3 is 24.8 Å². The summed E-state index contributed by atoms with van der Waals surface area (Å²) in [4.78, 5) is 28.5. The van der Waals surface area contributed by atoms with Gasteiger partial charge in [-0.15, -0.1) is 0 Å². The van der Waals surface area contributed by atoms with Crippen molar-refractivity contribution in [2.45, 2.75) is 6.92 Å². The van der Waals surface area contributed by atoms with Crippen LogP contribution in [0, 0.1) is 6.92 Å². The molecule has 1 aromatic carbocycles. The molecule has 0 atom stereocenters. The second kappa shape index (κ2) is 10.7. The minimum Gasteiger partial charge on any atom is -0.479 e. The lowest BCUT2D eigenvalue weighted by Gasteiger charge is -2.12. The number of nitrogens with zero attached hydrogens (tertiary/aromatic N) is 5. The quantitative estimate of drug-likeness (QED) is 0.375. The number of hydrogen-bond acceptors (Lipinski definition) is 9. The first-order valence-electron chi connectivity index (χ1n) is 11.1. The van der Waals surface area contributed by atoms with Gasteiger partial charge in [0.15, 0.2) is 0 Å². The normalized spacial score (nSPS) is 10.9. The standard InChI is InChI=1S/C25H27N7O3/c1-16-21(22(31-35-16)17-8-6-5-7-9-17)23(33)29-20-11-10-19(30-24(20)34-4)18-14-27-25(28-15-18)26-12-13-32(2)3/h5-11,14-15H,12-13H2,1-4H3,(H,29,33)(H,26,27,28). The highest BCUT2D eigenvalue weighted by atomic mass is 16.5. The van der Waals surface area contributed by atoms with Crippen LogP contribution in [0.2, 0.25) is 0 Å². The number of aryl methyl sites for hydroxylation is 1. The van der Waals surface area contributed by atoms with Crippen LogP contribution < -0.4 is 15.4 Å². The molecule has 0 aliphatic carbocycles. The first-order chi connectivity index (χ1) is 17.0. The number of amides is 1. The summed E-state index contributed by atoms with van der Waals surface area (Å²) in [6.45, 7) is 3.31. The van der Waals surface area contributed by atoms with Gasteiger partial charge in [0, 0.05) is 36.6 Å². The second-order valence-corrected chi connectivity index (χ2v) is 8.06. The van der Waals surface area contributed by atoms with Crippen LogP contribution in [0.3, 0.4) is 0 Å². The molecule has 10 heteroatoms. The van der Waals surface area contributed by atoms with E-state index in [2.05, 4.69) is 35.6 Å². The van der Waals surface area contributed by atoms with E-state index in [9.17, 15) is 4.79 Å². The molecular formula is C25H27N7O3. The molecule has 0 fully saturated rings. The van der Waals surface area contributed by atoms with Crippen molar-refractivity contribution in [2.75, 3.05) is 44.9 Å². The van der Waals surface area contributed by atoms with Gasteiger partial charge >= 0.3 is 0 Å². The third kappa shape index (κ3) is 5.61. The predicted octanol–water partition coefficient (Wildman–Crippen LogP) is 3.74. The fourth-order valence-electron chi connectivity index (χ4n) is 3.41. The topological polar surface area (TPSA) is 118 Å². The molecule has 0 radical (unpaired) electrons. The van der Waals surface area contributed by atoms with Crippen LogP contribution >= 0.6 is 0 Å². The van der Waals surface area contributed by atoms with E-state index in [1.54, 1.807) is 31.5 Å². The molecule has 0 aliphatic heterocycles. The molecule has 0 saturated heterocycles. The smallest absolute Gasteiger partial charge is 0.261 e. The molecule has 0 unspecified atom stereocenters. The molecule has 3 heterocycles. The molecule has 2 N–H and O–H groups in total. The van der Waals surface area contributed by atoms with Crippen LogP contribution in [0.1, 0.15) is 16.1 Å². The summed E-state index contributed by atoms with van der Waals surface area (Å²) >= 11 is 0. The highest BCUT2D eigenvalue weighted by Crippen LogP contribution is 2.30. The zero-order chi connectivity index (χ0) is 24.8. The Morgan fingerprint density at radius 2 is 1.80 bits per heavy atom. The molecule has 4 aromatic rings. The first kappa shape index (κ1) is 23.8. The number of hydrogen-bond donors (Lipinski definition) is 2. The molecule has 10 nitrogen and oxygen atoms in total. The average Bonchev–Trinajstić information content (AvgIpc) is 3.26. The van der Waals surface area contributed by atoms with Gasteiger partial charge in [-0.3, -0.25) is 4.79 Å². The van der Waals surface area contributed by atoms with Crippen LogP contribution in [0.25, 0.3) is 22.5 Å². The molecule has 0 aliphatic rings. The average molecular weight is 474 g/mol. The van der Waals surface area contributed by atoms with Crippen molar-refractivity contribution in [3.05, 3.63) is 66.2 Å². The van der Waals surface area contributed by atoms with Crippen molar-refractivity contribution in [1.29, 1.82) is 0 Å². The fourth-order valence-corrected chi connectivity index (χ4v) is 3.41. The maximum absolute atomic E-state index is 13.2. The molecule has 0 bridgehead atoms. The first-order valence-corrected chi connectivity index (χ1v) is 11.1. The van der Waals surface area contributed by atoms with Crippen molar-refractivity contribution in [2.24, 2.45) is 0 Å². The van der Waals surface area contributed by atoms with Crippen molar-refractivity contribution < 1.29 is 14.1 Å². The number of pyridine rings is 1. The SMILES string of the molecule is COc1nc(-c2cnc(NCCN(C)C)nc2)ccc1NC(=O)c1c(-c2ccccc2)noc1C. The van der Waals surface area contributed by atoms with Gasteiger partial charge in [0.2, 0.25) is 11.8 Å². The lowest BCUT2D eigenvalue weighted by Crippen LogP contribution is -2.21. The van der Waals surface area contributed by atoms with E-state index in [-0.39, 0.29) is 11.8 Å². The zero-order valence-electron chi connectivity index (χ0n) is 20.1. The number of nitrogens with one attached hydrogen (secondary N) is 2. The number of ether oxygens (including phenoxy) is 1. The summed E-state index contributed by atoms with van der Waals surface area (Å²) in [7, 11) is 5.51. The Morgan fingerprint density at radius 1 is 1.06 bits per heavy atom. The molecule has 1 amide bonds. The molecule has 3 aromatic heterocycles. The number of methoxy groups -OCH3 is 1. The summed E-state index contributed by atoms with van der Waals surface area (Å²) in [6, 6.07) is 12.9. The lowest BCUT2D eigenvalue weighted by molar-refractivity contribution is 0.102. The Morgan fingerprint density at radius 3 is 2.49 bits per heavy atom. The highest BCUT2D eigenvalue weighted by molar-refractivity contribution is 6.09. The van der Waals surface area contributed by atoms with Gasteiger partial charge in [-0.2, -0.15) is 0 Å². The third-order valence-electron chi connectivity index (χ3n) is 5.23. The van der Waals surface area contributed by atoms with Crippen molar-refractivity contribution in [3.63, 3.8) is 0 Å². The number of likely N-dealkylation sites (N-methyl/N-ethyl adjacent to an activating group) is 1. The predicted molar refractivity (Wildman–Crippen MR) is 133 cm³/mol. The van der Waals surface area contributed by atoms with Crippen LogP contribution in [-0.2, 0) is 0 Å². The lowest BCUT2D eigenvalue weighted by atomic mass is 10.1. The van der Waals surface area contributed by atoms with Crippen molar-refractivity contribution >= 4 is 17.5 Å². The van der Waals surface area contributed by atoms with Crippen molar-refractivity contribution in [1.82, 2.24) is 25.0 Å². The van der Waals surface area contributed by atoms with E-state index in [1.807, 2.05) is 44.4 Å². The number of anilines is 2. The monoisotopic (exact) mass is 473 g/mol. The van der Waals surface area contributed by atoms with E-state index in [0.29, 0.717) is 34.3 Å². The summed E-state index contributed by atoms with van der Waals surface area (Å²) in [6.07, 6.45) is 3.38. The van der Waals surface area contributed by atoms with Gasteiger partial charge in [-0.1, -0.05) is 35.5 Å². The Hall–Kier alpha value is -4.31. The Labute approximate surface area is 203 Å². The molecule has 35 heavy (non-hydrogen) atoms. The van der Waals surface area contributed by atoms with Crippen molar-refractivity contribution in [3.8, 4) is 28.4 Å². The highest BCUT2D eigenvalue weighted by Gasteiger charge is 2.23. The van der Waals surface area contributed by atoms with E-state index >= 15 is 0 Å². The Balaban J connectivity index is 1.52. The fraction of sp³-hybridized carbons (Fsp3) is 0.240. The number of carbonyl (C=O) groups is 1. The molecule has 4 rings (SSSR count). The van der Waals surface area contributed by atoms with E-state index in [0.717, 1.165) is 24.2 Å². The maximum atomic E-state index is 13.2. The molecular weight excluding hydrogens is 446 g/mol. The summed E-state index contributed by atoms with van der Waals surface area (Å²) < 4.78 is 10.8. The van der Waals surface area contributed by atoms with E-state index in [1.165, 1.54) is 7.11 Å². The number of benzene rings is 1. The van der Waals surface area contributed by atoms with Gasteiger partial charge in [0.1, 0.15) is 22.7 Å². The van der Waals surface area contributed by atoms with E-state index < -0.39 is 0 Å². The number of aromatic nitrogens is 4. The van der Waals surface area contributed by atoms with E-state index in [4.69, 9.17) is 9.26 Å². The molecule has 0 saturated carbocycles. The molecule has 0 spiro atoms. The van der Waals surface area contributed by atoms with Gasteiger partial charge in [-0.25, -0.2) is 15.0 Å². The minimum atomic E-state index is -0.369. The second-order valence-electron chi connectivity index (χ2n) is 8.06. The van der Waals surface area contributed by atoms with Gasteiger partial charge in [-0.05, 0) is 33.2 Å². The van der Waals surface area contributed by atoms with Crippen LogP contribution in [0.4, 0.5) is 11.6 Å². The Kier molecular flexibility index (Phi) is 7.32. The third-order valence-corrected chi connectivity index (χ3v) is 5.23. The summed E-state index contributed by atoms with van der Waals surface area (Å²) in [5.41, 5.74) is 3.37. The van der Waals surface area contributed by atoms with Crippen LogP contribution in [0.5, 0.6) is 5.88 Å². The van der Waals surface area contributed by atoms with Crippen LogP contribution in [-0.4, -0.2) is 65.2 Å². The molecule has 180 valence electrons. The van der Waals surface area contributed by atoms with Gasteiger partial charge in [0.25, 0.3) is 5.91 Å². The maximum Gasteiger partial charge on any atom is 0.261 e. The Bertz CT molecular complexity index is 1290. The largest absolute Gasteiger partial charge is 0.479 e. The summed E-state index contributed by atoms with van der Waals surface area (Å²) in [5, 5.41) is 10.1. The zero-order valence-corrected chi connectivity index (χ0v) is 20.1. The minimum absolute atomic E-state index is 0.263. The number of rotatable bonds is 9.